The fourth-order valence-electron chi connectivity index (χ4n) is 1.38. The molecule has 0 spiro atoms. The first kappa shape index (κ1) is 13.8. The van der Waals surface area contributed by atoms with Gasteiger partial charge in [-0.05, 0) is 30.7 Å². The van der Waals surface area contributed by atoms with E-state index in [0.717, 1.165) is 11.3 Å². The molecule has 0 N–H and O–H groups in total. The van der Waals surface area contributed by atoms with Crippen LogP contribution in [0.1, 0.15) is 12.5 Å². The van der Waals surface area contributed by atoms with Crippen LogP contribution in [-0.2, 0) is 4.79 Å². The van der Waals surface area contributed by atoms with Crippen LogP contribution in [0.5, 0.6) is 5.75 Å². The summed E-state index contributed by atoms with van der Waals surface area (Å²) in [5.41, 5.74) is 0.911. The molecule has 4 nitrogen and oxygen atoms in total. The van der Waals surface area contributed by atoms with Gasteiger partial charge in [0.2, 0.25) is 0 Å². The normalized spacial score (nSPS) is 10.7. The van der Waals surface area contributed by atoms with Crippen LogP contribution >= 0.6 is 0 Å². The fourth-order valence-corrected chi connectivity index (χ4v) is 1.38. The molecule has 0 aliphatic heterocycles. The van der Waals surface area contributed by atoms with E-state index in [1.165, 1.54) is 4.90 Å². The Morgan fingerprint density at radius 3 is 2.44 bits per heavy atom. The SMILES string of the molecule is CCOc1ccc(/C=C(/C#N)C(=O)N(C)C)cc1. The average Bonchev–Trinajstić information content (AvgIpc) is 2.37. The van der Waals surface area contributed by atoms with Crippen molar-refractivity contribution in [1.29, 1.82) is 5.26 Å². The van der Waals surface area contributed by atoms with Gasteiger partial charge in [-0.1, -0.05) is 12.1 Å². The molecule has 94 valence electrons. The minimum Gasteiger partial charge on any atom is -0.494 e. The van der Waals surface area contributed by atoms with Gasteiger partial charge in [0.05, 0.1) is 6.61 Å². The Hall–Kier alpha value is -2.28. The lowest BCUT2D eigenvalue weighted by molar-refractivity contribution is -0.124. The van der Waals surface area contributed by atoms with Gasteiger partial charge in [0.1, 0.15) is 17.4 Å². The predicted octanol–water partition coefficient (Wildman–Crippen LogP) is 2.08. The topological polar surface area (TPSA) is 53.3 Å². The number of rotatable bonds is 4. The molecule has 0 aliphatic carbocycles. The van der Waals surface area contributed by atoms with Crippen molar-refractivity contribution in [2.24, 2.45) is 0 Å². The lowest BCUT2D eigenvalue weighted by atomic mass is 10.1. The summed E-state index contributed by atoms with van der Waals surface area (Å²) in [7, 11) is 3.23. The van der Waals surface area contributed by atoms with Crippen molar-refractivity contribution in [1.82, 2.24) is 4.90 Å². The van der Waals surface area contributed by atoms with Crippen LogP contribution in [0.2, 0.25) is 0 Å². The molecule has 1 aromatic rings. The summed E-state index contributed by atoms with van der Waals surface area (Å²) < 4.78 is 5.32. The zero-order valence-electron chi connectivity index (χ0n) is 10.8. The Morgan fingerprint density at radius 2 is 2.00 bits per heavy atom. The molecule has 0 saturated carbocycles. The molecular weight excluding hydrogens is 228 g/mol. The van der Waals surface area contributed by atoms with Crippen LogP contribution < -0.4 is 4.74 Å². The van der Waals surface area contributed by atoms with Gasteiger partial charge in [-0.25, -0.2) is 0 Å². The second-order valence-electron chi connectivity index (χ2n) is 3.87. The smallest absolute Gasteiger partial charge is 0.264 e. The Morgan fingerprint density at radius 1 is 1.39 bits per heavy atom. The van der Waals surface area contributed by atoms with Gasteiger partial charge in [0.25, 0.3) is 5.91 Å². The van der Waals surface area contributed by atoms with Crippen molar-refractivity contribution < 1.29 is 9.53 Å². The third-order valence-corrected chi connectivity index (χ3v) is 2.26. The maximum Gasteiger partial charge on any atom is 0.264 e. The van der Waals surface area contributed by atoms with E-state index in [9.17, 15) is 4.79 Å². The standard InChI is InChI=1S/C14H16N2O2/c1-4-18-13-7-5-11(6-8-13)9-12(10-15)14(17)16(2)3/h5-9H,4H2,1-3H3/b12-9-. The number of amides is 1. The number of hydrogen-bond acceptors (Lipinski definition) is 3. The van der Waals surface area contributed by atoms with Gasteiger partial charge >= 0.3 is 0 Å². The molecule has 0 fully saturated rings. The zero-order valence-corrected chi connectivity index (χ0v) is 10.8. The van der Waals surface area contributed by atoms with Crippen LogP contribution in [0.25, 0.3) is 6.08 Å². The number of benzene rings is 1. The quantitative estimate of drug-likeness (QED) is 0.602. The van der Waals surface area contributed by atoms with Gasteiger partial charge in [0.15, 0.2) is 0 Å². The molecule has 18 heavy (non-hydrogen) atoms. The summed E-state index contributed by atoms with van der Waals surface area (Å²) in [5, 5.41) is 8.95. The highest BCUT2D eigenvalue weighted by Crippen LogP contribution is 2.14. The largest absolute Gasteiger partial charge is 0.494 e. The lowest BCUT2D eigenvalue weighted by Crippen LogP contribution is -2.22. The molecule has 0 atom stereocenters. The van der Waals surface area contributed by atoms with Crippen molar-refractivity contribution in [3.8, 4) is 11.8 Å². The zero-order chi connectivity index (χ0) is 13.5. The molecule has 0 radical (unpaired) electrons. The third-order valence-electron chi connectivity index (χ3n) is 2.26. The van der Waals surface area contributed by atoms with E-state index in [2.05, 4.69) is 0 Å². The predicted molar refractivity (Wildman–Crippen MR) is 69.9 cm³/mol. The third kappa shape index (κ3) is 3.63. The summed E-state index contributed by atoms with van der Waals surface area (Å²) in [6, 6.07) is 9.15. The van der Waals surface area contributed by atoms with Crippen molar-refractivity contribution >= 4 is 12.0 Å². The number of nitriles is 1. The van der Waals surface area contributed by atoms with E-state index >= 15 is 0 Å². The van der Waals surface area contributed by atoms with Gasteiger partial charge < -0.3 is 9.64 Å². The molecule has 4 heteroatoms. The molecule has 0 heterocycles. The highest BCUT2D eigenvalue weighted by atomic mass is 16.5. The molecule has 0 bridgehead atoms. The van der Waals surface area contributed by atoms with Crippen molar-refractivity contribution in [3.05, 3.63) is 35.4 Å². The second kappa shape index (κ2) is 6.45. The first-order chi connectivity index (χ1) is 8.58. The fraction of sp³-hybridized carbons (Fsp3) is 0.286. The summed E-state index contributed by atoms with van der Waals surface area (Å²) in [6.07, 6.45) is 1.57. The number of hydrogen-bond donors (Lipinski definition) is 0. The molecule has 0 saturated heterocycles. The number of carbonyl (C=O) groups is 1. The van der Waals surface area contributed by atoms with Crippen molar-refractivity contribution in [3.63, 3.8) is 0 Å². The van der Waals surface area contributed by atoms with Crippen LogP contribution in [0.3, 0.4) is 0 Å². The van der Waals surface area contributed by atoms with Crippen LogP contribution in [-0.4, -0.2) is 31.5 Å². The molecule has 0 aromatic heterocycles. The first-order valence-corrected chi connectivity index (χ1v) is 5.64. The van der Waals surface area contributed by atoms with E-state index < -0.39 is 0 Å². The minimum atomic E-state index is -0.300. The van der Waals surface area contributed by atoms with E-state index in [1.54, 1.807) is 20.2 Å². The Bertz CT molecular complexity index is 482. The molecule has 1 aromatic carbocycles. The van der Waals surface area contributed by atoms with E-state index in [1.807, 2.05) is 37.3 Å². The number of ether oxygens (including phenoxy) is 1. The minimum absolute atomic E-state index is 0.115. The summed E-state index contributed by atoms with van der Waals surface area (Å²) >= 11 is 0. The first-order valence-electron chi connectivity index (χ1n) is 5.64. The van der Waals surface area contributed by atoms with Crippen molar-refractivity contribution in [2.75, 3.05) is 20.7 Å². The van der Waals surface area contributed by atoms with Gasteiger partial charge in [-0.15, -0.1) is 0 Å². The van der Waals surface area contributed by atoms with E-state index in [0.29, 0.717) is 6.61 Å². The Labute approximate surface area is 107 Å². The Kier molecular flexibility index (Phi) is 4.94. The van der Waals surface area contributed by atoms with E-state index in [4.69, 9.17) is 10.00 Å². The average molecular weight is 244 g/mol. The van der Waals surface area contributed by atoms with Crippen molar-refractivity contribution in [2.45, 2.75) is 6.92 Å². The molecule has 1 rings (SSSR count). The second-order valence-corrected chi connectivity index (χ2v) is 3.87. The number of likely N-dealkylation sites (N-methyl/N-ethyl adjacent to an activating group) is 1. The maximum absolute atomic E-state index is 11.7. The van der Waals surface area contributed by atoms with E-state index in [-0.39, 0.29) is 11.5 Å². The highest BCUT2D eigenvalue weighted by Gasteiger charge is 2.10. The number of nitrogens with zero attached hydrogens (tertiary/aromatic N) is 2. The van der Waals surface area contributed by atoms with Gasteiger partial charge in [0, 0.05) is 14.1 Å². The molecule has 0 unspecified atom stereocenters. The Balaban J connectivity index is 2.93. The molecular formula is C14H16N2O2. The highest BCUT2D eigenvalue weighted by molar-refractivity contribution is 6.01. The maximum atomic E-state index is 11.7. The molecule has 0 aliphatic rings. The molecule has 1 amide bonds. The van der Waals surface area contributed by atoms with Crippen LogP contribution in [0.4, 0.5) is 0 Å². The van der Waals surface area contributed by atoms with Crippen LogP contribution in [0.15, 0.2) is 29.8 Å². The summed E-state index contributed by atoms with van der Waals surface area (Å²) in [6.45, 7) is 2.52. The van der Waals surface area contributed by atoms with Crippen LogP contribution in [0, 0.1) is 11.3 Å². The summed E-state index contributed by atoms with van der Waals surface area (Å²) in [4.78, 5) is 13.0. The monoisotopic (exact) mass is 244 g/mol. The summed E-state index contributed by atoms with van der Waals surface area (Å²) in [5.74, 6) is 0.471. The van der Waals surface area contributed by atoms with Gasteiger partial charge in [-0.3, -0.25) is 4.79 Å². The van der Waals surface area contributed by atoms with Gasteiger partial charge in [-0.2, -0.15) is 5.26 Å². The lowest BCUT2D eigenvalue weighted by Gasteiger charge is -2.08. The number of carbonyl (C=O) groups excluding carboxylic acids is 1.